The molecule has 0 aliphatic rings. The first-order chi connectivity index (χ1) is 5.68. The molecule has 0 amide bonds. The van der Waals surface area contributed by atoms with Gasteiger partial charge in [0.1, 0.15) is 0 Å². The zero-order valence-corrected chi connectivity index (χ0v) is 7.00. The Bertz CT molecular complexity index is 233. The maximum atomic E-state index is 12.3. The van der Waals surface area contributed by atoms with Crippen LogP contribution in [0.3, 0.4) is 0 Å². The van der Waals surface area contributed by atoms with E-state index in [2.05, 4.69) is 4.98 Å². The van der Waals surface area contributed by atoms with Gasteiger partial charge in [0.15, 0.2) is 0 Å². The number of pyridine rings is 1. The Balaban J connectivity index is 2.48. The molecule has 12 heavy (non-hydrogen) atoms. The first kappa shape index (κ1) is 9.13. The van der Waals surface area contributed by atoms with E-state index >= 15 is 0 Å². The van der Waals surface area contributed by atoms with Crippen molar-refractivity contribution in [1.29, 1.82) is 0 Å². The van der Waals surface area contributed by atoms with Crippen molar-refractivity contribution in [2.24, 2.45) is 0 Å². The highest BCUT2D eigenvalue weighted by atomic mass is 19.1. The van der Waals surface area contributed by atoms with Crippen molar-refractivity contribution >= 4 is 0 Å². The van der Waals surface area contributed by atoms with Gasteiger partial charge in [0, 0.05) is 6.20 Å². The molecule has 1 unspecified atom stereocenters. The molecule has 0 radical (unpaired) electrons. The topological polar surface area (TPSA) is 33.1 Å². The van der Waals surface area contributed by atoms with Gasteiger partial charge in [-0.05, 0) is 31.4 Å². The fraction of sp³-hybridized carbons (Fsp3) is 0.444. The van der Waals surface area contributed by atoms with Crippen molar-refractivity contribution in [3.63, 3.8) is 0 Å². The highest BCUT2D eigenvalue weighted by Crippen LogP contribution is 2.04. The quantitative estimate of drug-likeness (QED) is 0.696. The molecule has 1 rings (SSSR count). The van der Waals surface area contributed by atoms with Crippen LogP contribution in [0.4, 0.5) is 4.39 Å². The Hall–Kier alpha value is -0.960. The minimum Gasteiger partial charge on any atom is -0.393 e. The Morgan fingerprint density at radius 1 is 1.58 bits per heavy atom. The second-order valence-electron chi connectivity index (χ2n) is 2.88. The van der Waals surface area contributed by atoms with Crippen molar-refractivity contribution in [3.05, 3.63) is 29.8 Å². The van der Waals surface area contributed by atoms with Gasteiger partial charge in [0.05, 0.1) is 6.10 Å². The second kappa shape index (κ2) is 4.16. The van der Waals surface area contributed by atoms with Crippen LogP contribution in [0.2, 0.25) is 0 Å². The predicted molar refractivity (Wildman–Crippen MR) is 44.2 cm³/mol. The summed E-state index contributed by atoms with van der Waals surface area (Å²) in [4.78, 5) is 3.51. The molecule has 0 fully saturated rings. The summed E-state index contributed by atoms with van der Waals surface area (Å²) in [5.74, 6) is -0.462. The molecular weight excluding hydrogens is 157 g/mol. The molecule has 3 heteroatoms. The van der Waals surface area contributed by atoms with Crippen LogP contribution in [0.15, 0.2) is 18.3 Å². The monoisotopic (exact) mass is 169 g/mol. The van der Waals surface area contributed by atoms with Gasteiger partial charge in [-0.2, -0.15) is 4.39 Å². The lowest BCUT2D eigenvalue weighted by Gasteiger charge is -2.02. The first-order valence-corrected chi connectivity index (χ1v) is 3.97. The van der Waals surface area contributed by atoms with E-state index in [0.717, 1.165) is 12.0 Å². The lowest BCUT2D eigenvalue weighted by Crippen LogP contribution is -2.01. The average molecular weight is 169 g/mol. The molecular formula is C9H12FNO. The van der Waals surface area contributed by atoms with E-state index in [4.69, 9.17) is 5.11 Å². The molecule has 0 aliphatic heterocycles. The fourth-order valence-electron chi connectivity index (χ4n) is 0.930. The van der Waals surface area contributed by atoms with Crippen LogP contribution in [-0.2, 0) is 6.42 Å². The standard InChI is InChI=1S/C9H12FNO/c1-7(12)2-3-8-4-5-9(10)11-6-8/h4-7,12H,2-3H2,1H3. The molecule has 2 nitrogen and oxygen atoms in total. The number of rotatable bonds is 3. The maximum Gasteiger partial charge on any atom is 0.212 e. The molecule has 1 aromatic heterocycles. The summed E-state index contributed by atoms with van der Waals surface area (Å²) in [6.07, 6.45) is 2.62. The molecule has 0 saturated carbocycles. The summed E-state index contributed by atoms with van der Waals surface area (Å²) in [6, 6.07) is 3.02. The van der Waals surface area contributed by atoms with Gasteiger partial charge in [-0.1, -0.05) is 6.07 Å². The third-order valence-corrected chi connectivity index (χ3v) is 1.64. The summed E-state index contributed by atoms with van der Waals surface area (Å²) >= 11 is 0. The van der Waals surface area contributed by atoms with Crippen LogP contribution in [-0.4, -0.2) is 16.2 Å². The first-order valence-electron chi connectivity index (χ1n) is 3.97. The molecule has 0 aliphatic carbocycles. The lowest BCUT2D eigenvalue weighted by molar-refractivity contribution is 0.185. The van der Waals surface area contributed by atoms with Gasteiger partial charge in [-0.25, -0.2) is 4.98 Å². The Morgan fingerprint density at radius 2 is 2.33 bits per heavy atom. The van der Waals surface area contributed by atoms with E-state index in [-0.39, 0.29) is 6.10 Å². The van der Waals surface area contributed by atoms with E-state index in [0.29, 0.717) is 6.42 Å². The molecule has 0 spiro atoms. The smallest absolute Gasteiger partial charge is 0.212 e. The Labute approximate surface area is 71.1 Å². The minimum atomic E-state index is -0.462. The number of aryl methyl sites for hydroxylation is 1. The molecule has 1 aromatic rings. The van der Waals surface area contributed by atoms with Crippen molar-refractivity contribution in [2.75, 3.05) is 0 Å². The molecule has 66 valence electrons. The summed E-state index contributed by atoms with van der Waals surface area (Å²) in [7, 11) is 0. The third-order valence-electron chi connectivity index (χ3n) is 1.64. The SMILES string of the molecule is CC(O)CCc1ccc(F)nc1. The van der Waals surface area contributed by atoms with Crippen molar-refractivity contribution < 1.29 is 9.50 Å². The third kappa shape index (κ3) is 2.96. The van der Waals surface area contributed by atoms with E-state index < -0.39 is 5.95 Å². The van der Waals surface area contributed by atoms with Gasteiger partial charge in [0.2, 0.25) is 5.95 Å². The summed E-state index contributed by atoms with van der Waals surface area (Å²) in [5, 5.41) is 8.97. The second-order valence-corrected chi connectivity index (χ2v) is 2.88. The van der Waals surface area contributed by atoms with Crippen LogP contribution < -0.4 is 0 Å². The number of halogens is 1. The van der Waals surface area contributed by atoms with Crippen molar-refractivity contribution in [3.8, 4) is 0 Å². The molecule has 1 heterocycles. The largest absolute Gasteiger partial charge is 0.393 e. The zero-order chi connectivity index (χ0) is 8.97. The minimum absolute atomic E-state index is 0.310. The number of hydrogen-bond acceptors (Lipinski definition) is 2. The molecule has 0 saturated heterocycles. The van der Waals surface area contributed by atoms with E-state index in [1.807, 2.05) is 0 Å². The number of hydrogen-bond donors (Lipinski definition) is 1. The molecule has 0 bridgehead atoms. The van der Waals surface area contributed by atoms with E-state index in [9.17, 15) is 4.39 Å². The highest BCUT2D eigenvalue weighted by molar-refractivity contribution is 5.09. The Morgan fingerprint density at radius 3 is 2.83 bits per heavy atom. The molecule has 1 atom stereocenters. The van der Waals surface area contributed by atoms with Gasteiger partial charge >= 0.3 is 0 Å². The van der Waals surface area contributed by atoms with Crippen molar-refractivity contribution in [1.82, 2.24) is 4.98 Å². The fourth-order valence-corrected chi connectivity index (χ4v) is 0.930. The van der Waals surface area contributed by atoms with Gasteiger partial charge in [-0.15, -0.1) is 0 Å². The average Bonchev–Trinajstić information content (AvgIpc) is 2.03. The van der Waals surface area contributed by atoms with Crippen molar-refractivity contribution in [2.45, 2.75) is 25.9 Å². The van der Waals surface area contributed by atoms with Crippen LogP contribution in [0.1, 0.15) is 18.9 Å². The van der Waals surface area contributed by atoms with E-state index in [1.54, 1.807) is 13.0 Å². The van der Waals surface area contributed by atoms with Crippen LogP contribution in [0, 0.1) is 5.95 Å². The van der Waals surface area contributed by atoms with E-state index in [1.165, 1.54) is 12.3 Å². The highest BCUT2D eigenvalue weighted by Gasteiger charge is 1.98. The van der Waals surface area contributed by atoms with Crippen LogP contribution >= 0.6 is 0 Å². The number of aliphatic hydroxyl groups is 1. The lowest BCUT2D eigenvalue weighted by atomic mass is 10.1. The van der Waals surface area contributed by atoms with Gasteiger partial charge in [-0.3, -0.25) is 0 Å². The summed E-state index contributed by atoms with van der Waals surface area (Å²) < 4.78 is 12.3. The number of aliphatic hydroxyl groups excluding tert-OH is 1. The number of aromatic nitrogens is 1. The normalized spacial score (nSPS) is 12.9. The predicted octanol–water partition coefficient (Wildman–Crippen LogP) is 1.53. The summed E-state index contributed by atoms with van der Waals surface area (Å²) in [6.45, 7) is 1.73. The van der Waals surface area contributed by atoms with Crippen LogP contribution in [0.5, 0.6) is 0 Å². The Kier molecular flexibility index (Phi) is 3.17. The molecule has 1 N–H and O–H groups in total. The maximum absolute atomic E-state index is 12.3. The van der Waals surface area contributed by atoms with Gasteiger partial charge in [0.25, 0.3) is 0 Å². The number of nitrogens with zero attached hydrogens (tertiary/aromatic N) is 1. The van der Waals surface area contributed by atoms with Crippen LogP contribution in [0.25, 0.3) is 0 Å². The molecule has 0 aromatic carbocycles. The summed E-state index contributed by atoms with van der Waals surface area (Å²) in [5.41, 5.74) is 0.956. The van der Waals surface area contributed by atoms with Gasteiger partial charge < -0.3 is 5.11 Å². The zero-order valence-electron chi connectivity index (χ0n) is 7.00.